The molecule has 8 nitrogen and oxygen atoms in total. The molecule has 1 aliphatic carbocycles. The van der Waals surface area contributed by atoms with Gasteiger partial charge in [-0.05, 0) is 62.4 Å². The van der Waals surface area contributed by atoms with Crippen LogP contribution in [0.2, 0.25) is 5.02 Å². The van der Waals surface area contributed by atoms with Crippen LogP contribution in [0.3, 0.4) is 0 Å². The number of anilines is 2. The first-order chi connectivity index (χ1) is 20.0. The predicted octanol–water partition coefficient (Wildman–Crippen LogP) is 6.53. The van der Waals surface area contributed by atoms with E-state index in [9.17, 15) is 22.8 Å². The molecular weight excluding hydrogens is 569 g/mol. The van der Waals surface area contributed by atoms with Gasteiger partial charge in [0.25, 0.3) is 12.3 Å². The van der Waals surface area contributed by atoms with E-state index in [4.69, 9.17) is 11.6 Å². The van der Waals surface area contributed by atoms with Crippen LogP contribution in [0.1, 0.15) is 58.7 Å². The summed E-state index contributed by atoms with van der Waals surface area (Å²) in [5, 5.41) is 6.75. The highest BCUT2D eigenvalue weighted by Crippen LogP contribution is 2.47. The molecule has 0 bridgehead atoms. The maximum Gasteiger partial charge on any atom is 0.276 e. The first-order valence-corrected chi connectivity index (χ1v) is 13.8. The number of halogens is 4. The third-order valence-electron chi connectivity index (χ3n) is 7.98. The third-order valence-corrected chi connectivity index (χ3v) is 8.27. The fourth-order valence-electron chi connectivity index (χ4n) is 5.55. The maximum absolute atomic E-state index is 14.8. The molecule has 216 valence electrons. The molecule has 2 aromatic heterocycles. The molecule has 0 radical (unpaired) electrons. The molecule has 1 aliphatic heterocycles. The van der Waals surface area contributed by atoms with Gasteiger partial charge in [-0.25, -0.2) is 18.2 Å². The number of aryl methyl sites for hydroxylation is 2. The number of fused-ring (bicyclic) bond motifs is 1. The molecule has 2 aliphatic rings. The molecule has 2 amide bonds. The zero-order valence-corrected chi connectivity index (χ0v) is 23.7. The second-order valence-electron chi connectivity index (χ2n) is 10.7. The molecule has 12 heteroatoms. The molecule has 0 unspecified atom stereocenters. The largest absolute Gasteiger partial charge is 0.318 e. The van der Waals surface area contributed by atoms with E-state index in [1.54, 1.807) is 10.9 Å². The fraction of sp³-hybridized carbons (Fsp3) is 0.300. The van der Waals surface area contributed by atoms with Gasteiger partial charge in [0, 0.05) is 35.5 Å². The van der Waals surface area contributed by atoms with Gasteiger partial charge >= 0.3 is 0 Å². The molecule has 2 fully saturated rings. The first-order valence-electron chi connectivity index (χ1n) is 13.4. The molecule has 0 spiro atoms. The summed E-state index contributed by atoms with van der Waals surface area (Å²) in [5.41, 5.74) is 1.99. The predicted molar refractivity (Wildman–Crippen MR) is 151 cm³/mol. The van der Waals surface area contributed by atoms with Crippen molar-refractivity contribution in [3.63, 3.8) is 0 Å². The normalized spacial score (nSPS) is 18.4. The molecule has 1 saturated heterocycles. The average molecular weight is 595 g/mol. The number of hydrogen-bond acceptors (Lipinski definition) is 5. The number of nitrogens with one attached hydrogen (secondary N) is 1. The fourth-order valence-corrected chi connectivity index (χ4v) is 5.70. The second kappa shape index (κ2) is 10.5. The van der Waals surface area contributed by atoms with Gasteiger partial charge in [0.2, 0.25) is 5.91 Å². The molecule has 1 saturated carbocycles. The monoisotopic (exact) mass is 594 g/mol. The number of nitrogens with zero attached hydrogens (tertiary/aromatic N) is 5. The number of carbonyl (C=O) groups excluding carboxylic acids is 2. The van der Waals surface area contributed by atoms with Crippen molar-refractivity contribution < 1.29 is 22.8 Å². The van der Waals surface area contributed by atoms with E-state index in [1.807, 2.05) is 36.9 Å². The molecule has 2 aromatic carbocycles. The molecular formula is C30H26ClF3N6O2. The second-order valence-corrected chi connectivity index (χ2v) is 11.2. The Labute approximate surface area is 244 Å². The minimum atomic E-state index is -2.99. The Morgan fingerprint density at radius 1 is 1.14 bits per heavy atom. The first kappa shape index (κ1) is 27.9. The molecule has 4 aromatic rings. The Morgan fingerprint density at radius 3 is 2.60 bits per heavy atom. The number of amides is 2. The van der Waals surface area contributed by atoms with Crippen molar-refractivity contribution >= 4 is 34.8 Å². The van der Waals surface area contributed by atoms with Crippen molar-refractivity contribution in [3.05, 3.63) is 87.8 Å². The Bertz CT molecular complexity index is 1740. The minimum Gasteiger partial charge on any atom is -0.318 e. The van der Waals surface area contributed by atoms with Crippen molar-refractivity contribution in [1.29, 1.82) is 0 Å². The average Bonchev–Trinajstić information content (AvgIpc) is 3.45. The van der Waals surface area contributed by atoms with E-state index >= 15 is 0 Å². The van der Waals surface area contributed by atoms with Crippen LogP contribution < -0.4 is 10.2 Å². The van der Waals surface area contributed by atoms with Gasteiger partial charge in [0.05, 0.1) is 40.5 Å². The van der Waals surface area contributed by atoms with Crippen LogP contribution in [-0.4, -0.2) is 38.1 Å². The summed E-state index contributed by atoms with van der Waals surface area (Å²) in [7, 11) is 0. The summed E-state index contributed by atoms with van der Waals surface area (Å²) in [5.74, 6) is -0.859. The third kappa shape index (κ3) is 4.91. The molecule has 6 rings (SSSR count). The Hall–Kier alpha value is -4.25. The van der Waals surface area contributed by atoms with Crippen LogP contribution in [0.4, 0.5) is 24.5 Å². The number of hydrogen-bond donors (Lipinski definition) is 1. The van der Waals surface area contributed by atoms with E-state index in [-0.39, 0.29) is 40.0 Å². The Balaban J connectivity index is 1.21. The van der Waals surface area contributed by atoms with Crippen LogP contribution in [-0.2, 0) is 4.79 Å². The zero-order valence-electron chi connectivity index (χ0n) is 22.9. The van der Waals surface area contributed by atoms with Crippen molar-refractivity contribution in [2.45, 2.75) is 39.7 Å². The van der Waals surface area contributed by atoms with E-state index in [2.05, 4.69) is 20.4 Å². The van der Waals surface area contributed by atoms with E-state index in [0.29, 0.717) is 11.6 Å². The van der Waals surface area contributed by atoms with Gasteiger partial charge in [-0.2, -0.15) is 5.10 Å². The lowest BCUT2D eigenvalue weighted by Crippen LogP contribution is -2.28. The number of piperidine rings is 1. The maximum atomic E-state index is 14.8. The lowest BCUT2D eigenvalue weighted by molar-refractivity contribution is -0.118. The smallest absolute Gasteiger partial charge is 0.276 e. The van der Waals surface area contributed by atoms with Crippen LogP contribution in [0, 0.1) is 31.5 Å². The van der Waals surface area contributed by atoms with Crippen molar-refractivity contribution in [2.24, 2.45) is 11.8 Å². The standard InChI is InChI=1S/C30H26ClF3N6O2/c1-14-8-19(39-12-17-9-22(17)30(39)42)4-5-20(14)16(3)40-13-18(10-36-40)37-29(41)27-15(2)35-11-24(38-27)25-21(28(33)34)6-7-23(31)26(25)32/h4-8,10-11,13,16-17,22,28H,9,12H2,1-3H3,(H,37,41)/t16-,17+,22+/m0/s1. The summed E-state index contributed by atoms with van der Waals surface area (Å²) >= 11 is 5.84. The summed E-state index contributed by atoms with van der Waals surface area (Å²) in [6.07, 6.45) is 2.27. The van der Waals surface area contributed by atoms with E-state index < -0.39 is 29.3 Å². The summed E-state index contributed by atoms with van der Waals surface area (Å²) in [4.78, 5) is 35.8. The minimum absolute atomic E-state index is 0.159. The summed E-state index contributed by atoms with van der Waals surface area (Å²) in [6, 6.07) is 7.82. The SMILES string of the molecule is Cc1cc(N2C[C@H]3C[C@H]3C2=O)ccc1[C@H](C)n1cc(NC(=O)c2nc(-c3c(C(F)F)ccc(Cl)c3F)cnc2C)cn1. The molecule has 1 N–H and O–H groups in total. The Kier molecular flexibility index (Phi) is 7.00. The van der Waals surface area contributed by atoms with E-state index in [1.165, 1.54) is 13.1 Å². The Morgan fingerprint density at radius 2 is 1.90 bits per heavy atom. The van der Waals surface area contributed by atoms with Gasteiger partial charge in [0.1, 0.15) is 5.69 Å². The van der Waals surface area contributed by atoms with Crippen LogP contribution in [0.25, 0.3) is 11.3 Å². The number of alkyl halides is 2. The van der Waals surface area contributed by atoms with Crippen LogP contribution >= 0.6 is 11.6 Å². The number of benzene rings is 2. The summed E-state index contributed by atoms with van der Waals surface area (Å²) < 4.78 is 43.8. The van der Waals surface area contributed by atoms with Crippen molar-refractivity contribution in [1.82, 2.24) is 19.7 Å². The van der Waals surface area contributed by atoms with Crippen LogP contribution in [0.5, 0.6) is 0 Å². The lowest BCUT2D eigenvalue weighted by atomic mass is 10.0. The van der Waals surface area contributed by atoms with Gasteiger partial charge in [-0.3, -0.25) is 19.3 Å². The highest BCUT2D eigenvalue weighted by Gasteiger charge is 2.52. The molecule has 3 heterocycles. The quantitative estimate of drug-likeness (QED) is 0.263. The van der Waals surface area contributed by atoms with Gasteiger partial charge in [-0.1, -0.05) is 23.7 Å². The number of aromatic nitrogens is 4. The van der Waals surface area contributed by atoms with E-state index in [0.717, 1.165) is 48.1 Å². The van der Waals surface area contributed by atoms with Gasteiger partial charge in [0.15, 0.2) is 5.82 Å². The number of carbonyl (C=O) groups is 2. The highest BCUT2D eigenvalue weighted by atomic mass is 35.5. The molecule has 42 heavy (non-hydrogen) atoms. The van der Waals surface area contributed by atoms with Crippen molar-refractivity contribution in [2.75, 3.05) is 16.8 Å². The van der Waals surface area contributed by atoms with Crippen LogP contribution in [0.15, 0.2) is 48.9 Å². The topological polar surface area (TPSA) is 93.0 Å². The van der Waals surface area contributed by atoms with Crippen molar-refractivity contribution in [3.8, 4) is 11.3 Å². The lowest BCUT2D eigenvalue weighted by Gasteiger charge is -2.21. The molecule has 3 atom stereocenters. The highest BCUT2D eigenvalue weighted by molar-refractivity contribution is 6.31. The van der Waals surface area contributed by atoms with Gasteiger partial charge in [-0.15, -0.1) is 0 Å². The number of rotatable bonds is 7. The zero-order chi connectivity index (χ0) is 29.9. The summed E-state index contributed by atoms with van der Waals surface area (Å²) in [6.45, 7) is 6.26. The van der Waals surface area contributed by atoms with Gasteiger partial charge < -0.3 is 10.2 Å².